The van der Waals surface area contributed by atoms with Crippen LogP contribution in [0.5, 0.6) is 0 Å². The Labute approximate surface area is 139 Å². The van der Waals surface area contributed by atoms with Crippen molar-refractivity contribution in [3.63, 3.8) is 0 Å². The fraction of sp³-hybridized carbons (Fsp3) is 0.500. The average molecular weight is 335 g/mol. The summed E-state index contributed by atoms with van der Waals surface area (Å²) in [4.78, 5) is 14.1. The molecule has 1 aliphatic heterocycles. The number of aryl methyl sites for hydroxylation is 2. The van der Waals surface area contributed by atoms with Crippen LogP contribution in [0.2, 0.25) is 0 Å². The van der Waals surface area contributed by atoms with Gasteiger partial charge >= 0.3 is 0 Å². The van der Waals surface area contributed by atoms with Crippen molar-refractivity contribution in [2.75, 3.05) is 18.1 Å². The van der Waals surface area contributed by atoms with Gasteiger partial charge in [0.1, 0.15) is 0 Å². The molecule has 1 amide bonds. The Hall–Kier alpha value is -1.62. The minimum Gasteiger partial charge on any atom is -0.335 e. The normalized spacial score (nSPS) is 19.4. The monoisotopic (exact) mass is 335 g/mol. The highest BCUT2D eigenvalue weighted by molar-refractivity contribution is 7.91. The molecule has 0 bridgehead atoms. The van der Waals surface area contributed by atoms with Gasteiger partial charge in [-0.25, -0.2) is 8.42 Å². The lowest BCUT2D eigenvalue weighted by atomic mass is 10.1. The van der Waals surface area contributed by atoms with Crippen molar-refractivity contribution in [2.24, 2.45) is 0 Å². The molecule has 1 aliphatic rings. The summed E-state index contributed by atoms with van der Waals surface area (Å²) >= 11 is 0. The Bertz CT molecular complexity index is 649. The number of sulfone groups is 1. The Balaban J connectivity index is 1.88. The number of carbonyl (C=O) groups excluding carboxylic acids is 1. The summed E-state index contributed by atoms with van der Waals surface area (Å²) in [6, 6.07) is 8.13. The first kappa shape index (κ1) is 17.7. The Kier molecular flexibility index (Phi) is 5.99. The molecule has 0 saturated carbocycles. The van der Waals surface area contributed by atoms with Gasteiger partial charge in [-0.15, -0.1) is 6.58 Å². The van der Waals surface area contributed by atoms with E-state index in [4.69, 9.17) is 0 Å². The molecular weight excluding hydrogens is 310 g/mol. The number of carbonyl (C=O) groups is 1. The van der Waals surface area contributed by atoms with Gasteiger partial charge in [0.15, 0.2) is 9.84 Å². The maximum atomic E-state index is 12.5. The fourth-order valence-corrected chi connectivity index (χ4v) is 4.69. The topological polar surface area (TPSA) is 54.5 Å². The van der Waals surface area contributed by atoms with Gasteiger partial charge in [0.25, 0.3) is 0 Å². The van der Waals surface area contributed by atoms with Crippen LogP contribution in [-0.4, -0.2) is 43.3 Å². The first-order valence-electron chi connectivity index (χ1n) is 8.07. The maximum Gasteiger partial charge on any atom is 0.223 e. The van der Waals surface area contributed by atoms with Gasteiger partial charge in [0.2, 0.25) is 5.91 Å². The Morgan fingerprint density at radius 1 is 1.35 bits per heavy atom. The Morgan fingerprint density at radius 2 is 2.04 bits per heavy atom. The molecule has 0 spiro atoms. The first-order chi connectivity index (χ1) is 10.9. The molecule has 23 heavy (non-hydrogen) atoms. The highest BCUT2D eigenvalue weighted by Crippen LogP contribution is 2.19. The van der Waals surface area contributed by atoms with Crippen LogP contribution in [-0.2, 0) is 21.1 Å². The molecule has 5 heteroatoms. The number of amides is 1. The molecule has 0 radical (unpaired) electrons. The zero-order chi connectivity index (χ0) is 16.9. The van der Waals surface area contributed by atoms with Crippen LogP contribution in [0.25, 0.3) is 0 Å². The van der Waals surface area contributed by atoms with Crippen molar-refractivity contribution in [3.05, 3.63) is 48.0 Å². The molecule has 2 rings (SSSR count). The van der Waals surface area contributed by atoms with Crippen molar-refractivity contribution >= 4 is 15.7 Å². The largest absolute Gasteiger partial charge is 0.335 e. The van der Waals surface area contributed by atoms with E-state index in [0.717, 1.165) is 12.8 Å². The third-order valence-electron chi connectivity index (χ3n) is 4.27. The van der Waals surface area contributed by atoms with Gasteiger partial charge in [-0.05, 0) is 31.7 Å². The lowest BCUT2D eigenvalue weighted by molar-refractivity contribution is -0.132. The smallest absolute Gasteiger partial charge is 0.223 e. The standard InChI is InChI=1S/C18H25NO3S/c1-3-12-19(17-11-13-23(21,22)14-17)18(20)6-4-5-16-9-7-15(2)8-10-16/h3,7-10,17H,1,4-6,11-14H2,2H3/t17-/m1/s1. The van der Waals surface area contributed by atoms with E-state index in [1.54, 1.807) is 11.0 Å². The molecule has 0 aromatic heterocycles. The summed E-state index contributed by atoms with van der Waals surface area (Å²) in [5, 5.41) is 0. The summed E-state index contributed by atoms with van der Waals surface area (Å²) in [7, 11) is -2.99. The van der Waals surface area contributed by atoms with Gasteiger partial charge in [-0.2, -0.15) is 0 Å². The molecular formula is C18H25NO3S. The second-order valence-corrected chi connectivity index (χ2v) is 8.46. The Morgan fingerprint density at radius 3 is 2.61 bits per heavy atom. The minimum absolute atomic E-state index is 0.0270. The van der Waals surface area contributed by atoms with Crippen LogP contribution in [0.4, 0.5) is 0 Å². The third-order valence-corrected chi connectivity index (χ3v) is 6.02. The summed E-state index contributed by atoms with van der Waals surface area (Å²) in [5.41, 5.74) is 2.45. The minimum atomic E-state index is -2.99. The number of rotatable bonds is 7. The highest BCUT2D eigenvalue weighted by atomic mass is 32.2. The predicted octanol–water partition coefficient (Wildman–Crippen LogP) is 2.52. The van der Waals surface area contributed by atoms with Gasteiger partial charge in [-0.1, -0.05) is 35.9 Å². The SMILES string of the molecule is C=CCN(C(=O)CCCc1ccc(C)cc1)[C@@H]1CCS(=O)(=O)C1. The molecule has 0 aliphatic carbocycles. The molecule has 1 atom stereocenters. The van der Waals surface area contributed by atoms with Crippen LogP contribution in [0.15, 0.2) is 36.9 Å². The van der Waals surface area contributed by atoms with Crippen LogP contribution in [0, 0.1) is 6.92 Å². The van der Waals surface area contributed by atoms with Crippen molar-refractivity contribution in [2.45, 2.75) is 38.6 Å². The summed E-state index contributed by atoms with van der Waals surface area (Å²) in [6.45, 7) is 6.16. The van der Waals surface area contributed by atoms with Gasteiger partial charge in [-0.3, -0.25) is 4.79 Å². The van der Waals surface area contributed by atoms with Crippen molar-refractivity contribution < 1.29 is 13.2 Å². The molecule has 1 heterocycles. The lowest BCUT2D eigenvalue weighted by Crippen LogP contribution is -2.41. The van der Waals surface area contributed by atoms with E-state index in [0.29, 0.717) is 19.4 Å². The van der Waals surface area contributed by atoms with E-state index in [1.807, 2.05) is 0 Å². The molecule has 1 saturated heterocycles. The number of nitrogens with zero attached hydrogens (tertiary/aromatic N) is 1. The van der Waals surface area contributed by atoms with Crippen LogP contribution in [0.3, 0.4) is 0 Å². The lowest BCUT2D eigenvalue weighted by Gasteiger charge is -2.27. The fourth-order valence-electron chi connectivity index (χ4n) is 2.96. The first-order valence-corrected chi connectivity index (χ1v) is 9.90. The molecule has 1 aromatic rings. The second kappa shape index (κ2) is 7.77. The summed E-state index contributed by atoms with van der Waals surface area (Å²) in [5.74, 6) is 0.297. The van der Waals surface area contributed by atoms with E-state index in [1.165, 1.54) is 11.1 Å². The van der Waals surface area contributed by atoms with Gasteiger partial charge in [0, 0.05) is 19.0 Å². The summed E-state index contributed by atoms with van der Waals surface area (Å²) < 4.78 is 23.3. The zero-order valence-electron chi connectivity index (χ0n) is 13.7. The quantitative estimate of drug-likeness (QED) is 0.720. The van der Waals surface area contributed by atoms with Crippen molar-refractivity contribution in [1.82, 2.24) is 4.90 Å². The molecule has 4 nitrogen and oxygen atoms in total. The highest BCUT2D eigenvalue weighted by Gasteiger charge is 2.33. The molecule has 1 fully saturated rings. The van der Waals surface area contributed by atoms with E-state index < -0.39 is 9.84 Å². The van der Waals surface area contributed by atoms with Gasteiger partial charge in [0.05, 0.1) is 11.5 Å². The van der Waals surface area contributed by atoms with E-state index in [2.05, 4.69) is 37.8 Å². The zero-order valence-corrected chi connectivity index (χ0v) is 14.5. The molecule has 0 unspecified atom stereocenters. The molecule has 126 valence electrons. The van der Waals surface area contributed by atoms with Crippen LogP contribution < -0.4 is 0 Å². The second-order valence-electron chi connectivity index (χ2n) is 6.23. The predicted molar refractivity (Wildman–Crippen MR) is 93.1 cm³/mol. The third kappa shape index (κ3) is 5.20. The van der Waals surface area contributed by atoms with Crippen LogP contribution >= 0.6 is 0 Å². The maximum absolute atomic E-state index is 12.5. The van der Waals surface area contributed by atoms with Crippen molar-refractivity contribution in [1.29, 1.82) is 0 Å². The molecule has 0 N–H and O–H groups in total. The summed E-state index contributed by atoms with van der Waals surface area (Å²) in [6.07, 6.45) is 4.28. The molecule has 1 aromatic carbocycles. The van der Waals surface area contributed by atoms with E-state index in [9.17, 15) is 13.2 Å². The van der Waals surface area contributed by atoms with Gasteiger partial charge < -0.3 is 4.90 Å². The number of hydrogen-bond donors (Lipinski definition) is 0. The van der Waals surface area contributed by atoms with Crippen LogP contribution in [0.1, 0.15) is 30.4 Å². The number of hydrogen-bond acceptors (Lipinski definition) is 3. The average Bonchev–Trinajstić information content (AvgIpc) is 2.86. The van der Waals surface area contributed by atoms with E-state index >= 15 is 0 Å². The number of benzene rings is 1. The van der Waals surface area contributed by atoms with E-state index in [-0.39, 0.29) is 23.5 Å². The van der Waals surface area contributed by atoms with Crippen molar-refractivity contribution in [3.8, 4) is 0 Å².